The van der Waals surface area contributed by atoms with Crippen molar-refractivity contribution in [3.05, 3.63) is 82.3 Å². The lowest BCUT2D eigenvalue weighted by molar-refractivity contribution is -0.111. The summed E-state index contributed by atoms with van der Waals surface area (Å²) in [5.41, 5.74) is 2.80. The Kier molecular flexibility index (Phi) is 7.07. The number of pyridine rings is 2. The number of rotatable bonds is 6. The molecule has 4 rings (SSSR count). The van der Waals surface area contributed by atoms with E-state index in [2.05, 4.69) is 21.4 Å². The van der Waals surface area contributed by atoms with Crippen molar-refractivity contribution in [2.24, 2.45) is 0 Å². The molecule has 1 unspecified atom stereocenters. The van der Waals surface area contributed by atoms with Crippen LogP contribution in [-0.4, -0.2) is 28.1 Å². The number of thiophene rings is 1. The molecule has 1 N–H and O–H groups in total. The monoisotopic (exact) mass is 460 g/mol. The third kappa shape index (κ3) is 5.81. The summed E-state index contributed by atoms with van der Waals surface area (Å²) >= 11 is 1.33. The molecule has 1 aliphatic carbocycles. The zero-order valence-electron chi connectivity index (χ0n) is 17.6. The van der Waals surface area contributed by atoms with Crippen molar-refractivity contribution in [3.63, 3.8) is 0 Å². The molecule has 9 heteroatoms. The van der Waals surface area contributed by atoms with Crippen molar-refractivity contribution in [3.8, 4) is 6.07 Å². The normalized spacial score (nSPS) is 14.8. The molecule has 3 heterocycles. The van der Waals surface area contributed by atoms with E-state index in [1.807, 2.05) is 12.1 Å². The lowest BCUT2D eigenvalue weighted by Crippen LogP contribution is -2.25. The number of amides is 1. The Hall–Kier alpha value is -4.03. The molecule has 1 atom stereocenters. The Bertz CT molecular complexity index is 1200. The van der Waals surface area contributed by atoms with Gasteiger partial charge < -0.3 is 14.8 Å². The highest BCUT2D eigenvalue weighted by Crippen LogP contribution is 2.38. The van der Waals surface area contributed by atoms with Gasteiger partial charge in [-0.25, -0.2) is 4.79 Å². The highest BCUT2D eigenvalue weighted by molar-refractivity contribution is 7.16. The Morgan fingerprint density at radius 2 is 2.18 bits per heavy atom. The molecule has 33 heavy (non-hydrogen) atoms. The van der Waals surface area contributed by atoms with Crippen LogP contribution in [0, 0.1) is 11.3 Å². The SMILES string of the molecule is N#Cc1c(NC(=O)/C=C/c2cccnc2)sc2c1CCC(OC(=O)OCc1ccccn1)C2. The highest BCUT2D eigenvalue weighted by atomic mass is 32.1. The topological polar surface area (TPSA) is 114 Å². The van der Waals surface area contributed by atoms with Crippen molar-refractivity contribution in [2.45, 2.75) is 32.0 Å². The van der Waals surface area contributed by atoms with Crippen molar-refractivity contribution in [1.82, 2.24) is 9.97 Å². The van der Waals surface area contributed by atoms with Gasteiger partial charge >= 0.3 is 6.16 Å². The van der Waals surface area contributed by atoms with E-state index in [1.165, 1.54) is 17.4 Å². The standard InChI is InChI=1S/C24H20N4O4S/c25-13-20-19-8-7-18(32-24(30)31-15-17-5-1-2-11-27-17)12-21(19)33-23(20)28-22(29)9-6-16-4-3-10-26-14-16/h1-6,9-11,14,18H,7-8,12,15H2,(H,28,29)/b9-6+. The fraction of sp³-hybridized carbons (Fsp3) is 0.208. The molecule has 0 fully saturated rings. The van der Waals surface area contributed by atoms with E-state index in [0.29, 0.717) is 35.5 Å². The Labute approximate surface area is 194 Å². The molecule has 3 aromatic heterocycles. The summed E-state index contributed by atoms with van der Waals surface area (Å²) in [6.07, 6.45) is 8.51. The van der Waals surface area contributed by atoms with Gasteiger partial charge in [0.2, 0.25) is 5.91 Å². The predicted octanol–water partition coefficient (Wildman–Crippen LogP) is 4.27. The number of hydrogen-bond donors (Lipinski definition) is 1. The fourth-order valence-electron chi connectivity index (χ4n) is 3.45. The molecule has 0 saturated heterocycles. The summed E-state index contributed by atoms with van der Waals surface area (Å²) in [6, 6.07) is 11.2. The van der Waals surface area contributed by atoms with E-state index in [1.54, 1.807) is 42.9 Å². The number of carbonyl (C=O) groups excluding carboxylic acids is 2. The minimum Gasteiger partial charge on any atom is -0.431 e. The summed E-state index contributed by atoms with van der Waals surface area (Å²) < 4.78 is 10.6. The number of nitrogens with zero attached hydrogens (tertiary/aromatic N) is 3. The average molecular weight is 461 g/mol. The van der Waals surface area contributed by atoms with Gasteiger partial charge in [0.1, 0.15) is 23.8 Å². The van der Waals surface area contributed by atoms with E-state index in [-0.39, 0.29) is 18.6 Å². The number of ether oxygens (including phenoxy) is 2. The zero-order chi connectivity index (χ0) is 23.0. The Morgan fingerprint density at radius 3 is 2.94 bits per heavy atom. The van der Waals surface area contributed by atoms with Gasteiger partial charge in [0.25, 0.3) is 0 Å². The van der Waals surface area contributed by atoms with E-state index < -0.39 is 6.16 Å². The van der Waals surface area contributed by atoms with Gasteiger partial charge in [-0.05, 0) is 48.2 Å². The average Bonchev–Trinajstić information content (AvgIpc) is 3.18. The van der Waals surface area contributed by atoms with Crippen LogP contribution in [0.3, 0.4) is 0 Å². The second kappa shape index (κ2) is 10.5. The molecular formula is C24H20N4O4S. The zero-order valence-corrected chi connectivity index (χ0v) is 18.4. The van der Waals surface area contributed by atoms with Crippen LogP contribution in [0.4, 0.5) is 9.80 Å². The van der Waals surface area contributed by atoms with Crippen molar-refractivity contribution >= 4 is 34.5 Å². The second-order valence-corrected chi connectivity index (χ2v) is 8.38. The molecule has 1 aliphatic rings. The smallest absolute Gasteiger partial charge is 0.431 e. The number of aromatic nitrogens is 2. The first-order valence-corrected chi connectivity index (χ1v) is 11.1. The number of anilines is 1. The van der Waals surface area contributed by atoms with Gasteiger partial charge in [0, 0.05) is 36.0 Å². The third-order valence-electron chi connectivity index (χ3n) is 5.01. The van der Waals surface area contributed by atoms with Crippen LogP contribution in [0.2, 0.25) is 0 Å². The van der Waals surface area contributed by atoms with Gasteiger partial charge in [0.15, 0.2) is 0 Å². The molecule has 0 bridgehead atoms. The summed E-state index contributed by atoms with van der Waals surface area (Å²) in [7, 11) is 0. The maximum absolute atomic E-state index is 12.4. The van der Waals surface area contributed by atoms with Crippen LogP contribution in [-0.2, 0) is 33.7 Å². The lowest BCUT2D eigenvalue weighted by atomic mass is 9.94. The number of carbonyl (C=O) groups is 2. The third-order valence-corrected chi connectivity index (χ3v) is 6.18. The molecule has 0 aromatic carbocycles. The highest BCUT2D eigenvalue weighted by Gasteiger charge is 2.28. The van der Waals surface area contributed by atoms with E-state index in [0.717, 1.165) is 16.0 Å². The molecule has 166 valence electrons. The van der Waals surface area contributed by atoms with Crippen LogP contribution in [0.1, 0.15) is 33.7 Å². The molecule has 3 aromatic rings. The summed E-state index contributed by atoms with van der Waals surface area (Å²) in [5.74, 6) is -0.333. The number of fused-ring (bicyclic) bond motifs is 1. The summed E-state index contributed by atoms with van der Waals surface area (Å²) in [5, 5.41) is 12.9. The number of nitriles is 1. The molecule has 8 nitrogen and oxygen atoms in total. The van der Waals surface area contributed by atoms with Gasteiger partial charge in [-0.3, -0.25) is 14.8 Å². The molecule has 1 amide bonds. The lowest BCUT2D eigenvalue weighted by Gasteiger charge is -2.21. The number of nitrogens with one attached hydrogen (secondary N) is 1. The summed E-state index contributed by atoms with van der Waals surface area (Å²) in [4.78, 5) is 33.4. The maximum Gasteiger partial charge on any atom is 0.508 e. The molecule has 0 saturated carbocycles. The van der Waals surface area contributed by atoms with Crippen LogP contribution in [0.25, 0.3) is 6.08 Å². The number of hydrogen-bond acceptors (Lipinski definition) is 8. The van der Waals surface area contributed by atoms with Gasteiger partial charge in [-0.1, -0.05) is 12.1 Å². The minimum atomic E-state index is -0.750. The Morgan fingerprint density at radius 1 is 1.27 bits per heavy atom. The van der Waals surface area contributed by atoms with Crippen LogP contribution in [0.15, 0.2) is 55.0 Å². The van der Waals surface area contributed by atoms with Crippen LogP contribution < -0.4 is 5.32 Å². The van der Waals surface area contributed by atoms with Crippen molar-refractivity contribution < 1.29 is 19.1 Å². The maximum atomic E-state index is 12.4. The quantitative estimate of drug-likeness (QED) is 0.431. The molecular weight excluding hydrogens is 440 g/mol. The largest absolute Gasteiger partial charge is 0.508 e. The van der Waals surface area contributed by atoms with E-state index >= 15 is 0 Å². The first-order valence-electron chi connectivity index (χ1n) is 10.3. The second-order valence-electron chi connectivity index (χ2n) is 7.27. The molecule has 0 aliphatic heterocycles. The molecule has 0 radical (unpaired) electrons. The fourth-order valence-corrected chi connectivity index (χ4v) is 4.71. The molecule has 0 spiro atoms. The van der Waals surface area contributed by atoms with Gasteiger partial charge in [-0.15, -0.1) is 11.3 Å². The van der Waals surface area contributed by atoms with Crippen molar-refractivity contribution in [1.29, 1.82) is 5.26 Å². The summed E-state index contributed by atoms with van der Waals surface area (Å²) in [6.45, 7) is 0.0397. The van der Waals surface area contributed by atoms with Gasteiger partial charge in [-0.2, -0.15) is 5.26 Å². The van der Waals surface area contributed by atoms with E-state index in [9.17, 15) is 14.9 Å². The first-order chi connectivity index (χ1) is 16.1. The minimum absolute atomic E-state index is 0.0397. The Balaban J connectivity index is 1.36. The first kappa shape index (κ1) is 22.2. The van der Waals surface area contributed by atoms with Crippen molar-refractivity contribution in [2.75, 3.05) is 5.32 Å². The van der Waals surface area contributed by atoms with Gasteiger partial charge in [0.05, 0.1) is 11.3 Å². The van der Waals surface area contributed by atoms with E-state index in [4.69, 9.17) is 9.47 Å². The predicted molar refractivity (Wildman–Crippen MR) is 122 cm³/mol. The van der Waals surface area contributed by atoms with Crippen LogP contribution >= 0.6 is 11.3 Å². The van der Waals surface area contributed by atoms with Crippen LogP contribution in [0.5, 0.6) is 0 Å².